The first-order chi connectivity index (χ1) is 15.4. The van der Waals surface area contributed by atoms with Gasteiger partial charge in [-0.1, -0.05) is 35.4 Å². The van der Waals surface area contributed by atoms with Gasteiger partial charge in [0.15, 0.2) is 0 Å². The standard InChI is InChI=1S/C24H27ClN4O3/c1-17-6-8-21(9-7-17)29-16-18(14-22(29)30)23(31)27-10-3-11-28(13-12-27)24(32)26-20-5-2-4-19(25)15-20/h2,4-9,15,18H,3,10-14,16H2,1H3,(H,26,32). The van der Waals surface area contributed by atoms with Crippen LogP contribution in [-0.2, 0) is 9.59 Å². The molecule has 0 aromatic heterocycles. The van der Waals surface area contributed by atoms with Gasteiger partial charge in [0, 0.05) is 55.5 Å². The first-order valence-corrected chi connectivity index (χ1v) is 11.3. The number of benzene rings is 2. The lowest BCUT2D eigenvalue weighted by atomic mass is 10.1. The maximum atomic E-state index is 13.1. The minimum absolute atomic E-state index is 0.00920. The Bertz CT molecular complexity index is 1010. The molecule has 2 fully saturated rings. The molecule has 168 valence electrons. The smallest absolute Gasteiger partial charge is 0.321 e. The van der Waals surface area contributed by atoms with E-state index in [4.69, 9.17) is 11.6 Å². The third kappa shape index (κ3) is 5.05. The Morgan fingerprint density at radius 1 is 1.00 bits per heavy atom. The lowest BCUT2D eigenvalue weighted by Gasteiger charge is -2.25. The minimum Gasteiger partial charge on any atom is -0.341 e. The van der Waals surface area contributed by atoms with E-state index in [2.05, 4.69) is 5.32 Å². The van der Waals surface area contributed by atoms with Crippen molar-refractivity contribution in [3.63, 3.8) is 0 Å². The summed E-state index contributed by atoms with van der Waals surface area (Å²) in [4.78, 5) is 43.6. The lowest BCUT2D eigenvalue weighted by molar-refractivity contribution is -0.135. The van der Waals surface area contributed by atoms with Crippen LogP contribution in [0.25, 0.3) is 0 Å². The number of nitrogens with zero attached hydrogens (tertiary/aromatic N) is 3. The van der Waals surface area contributed by atoms with Crippen molar-refractivity contribution < 1.29 is 14.4 Å². The third-order valence-electron chi connectivity index (χ3n) is 5.99. The van der Waals surface area contributed by atoms with E-state index in [0.29, 0.717) is 49.9 Å². The summed E-state index contributed by atoms with van der Waals surface area (Å²) in [6.07, 6.45) is 0.916. The summed E-state index contributed by atoms with van der Waals surface area (Å²) >= 11 is 5.99. The number of amides is 4. The molecule has 0 bridgehead atoms. The van der Waals surface area contributed by atoms with E-state index < -0.39 is 0 Å². The summed E-state index contributed by atoms with van der Waals surface area (Å²) in [5, 5.41) is 3.42. The Kier molecular flexibility index (Phi) is 6.65. The number of hydrogen-bond donors (Lipinski definition) is 1. The zero-order valence-electron chi connectivity index (χ0n) is 18.1. The van der Waals surface area contributed by atoms with Gasteiger partial charge in [-0.25, -0.2) is 4.79 Å². The summed E-state index contributed by atoms with van der Waals surface area (Å²) in [6, 6.07) is 14.6. The Morgan fingerprint density at radius 2 is 1.72 bits per heavy atom. The number of carbonyl (C=O) groups excluding carboxylic acids is 3. The fourth-order valence-electron chi connectivity index (χ4n) is 4.22. The number of anilines is 2. The van der Waals surface area contributed by atoms with Crippen molar-refractivity contribution in [3.05, 3.63) is 59.1 Å². The number of urea groups is 1. The Labute approximate surface area is 192 Å². The van der Waals surface area contributed by atoms with Gasteiger partial charge in [0.25, 0.3) is 0 Å². The Morgan fingerprint density at radius 3 is 2.47 bits per heavy atom. The summed E-state index contributed by atoms with van der Waals surface area (Å²) in [5.41, 5.74) is 2.59. The fourth-order valence-corrected chi connectivity index (χ4v) is 4.41. The van der Waals surface area contributed by atoms with Crippen molar-refractivity contribution in [2.75, 3.05) is 42.9 Å². The normalized spacial score (nSPS) is 19.1. The van der Waals surface area contributed by atoms with E-state index in [9.17, 15) is 14.4 Å². The van der Waals surface area contributed by atoms with E-state index >= 15 is 0 Å². The van der Waals surface area contributed by atoms with Crippen molar-refractivity contribution in [2.45, 2.75) is 19.8 Å². The highest BCUT2D eigenvalue weighted by molar-refractivity contribution is 6.30. The van der Waals surface area contributed by atoms with Gasteiger partial charge < -0.3 is 20.0 Å². The molecule has 0 saturated carbocycles. The molecule has 2 aliphatic heterocycles. The molecule has 2 aromatic carbocycles. The highest BCUT2D eigenvalue weighted by Crippen LogP contribution is 2.27. The number of nitrogens with one attached hydrogen (secondary N) is 1. The maximum Gasteiger partial charge on any atom is 0.321 e. The van der Waals surface area contributed by atoms with E-state index in [0.717, 1.165) is 11.3 Å². The fraction of sp³-hybridized carbons (Fsp3) is 0.375. The largest absolute Gasteiger partial charge is 0.341 e. The van der Waals surface area contributed by atoms with Crippen LogP contribution in [0.2, 0.25) is 5.02 Å². The predicted octanol–water partition coefficient (Wildman–Crippen LogP) is 3.77. The molecule has 4 rings (SSSR count). The van der Waals surface area contributed by atoms with Crippen LogP contribution in [-0.4, -0.2) is 60.4 Å². The molecule has 1 unspecified atom stereocenters. The van der Waals surface area contributed by atoms with Gasteiger partial charge >= 0.3 is 6.03 Å². The van der Waals surface area contributed by atoms with Crippen LogP contribution in [0.15, 0.2) is 48.5 Å². The van der Waals surface area contributed by atoms with Crippen molar-refractivity contribution in [3.8, 4) is 0 Å². The molecule has 1 N–H and O–H groups in total. The summed E-state index contributed by atoms with van der Waals surface area (Å²) < 4.78 is 0. The molecule has 2 aromatic rings. The molecular formula is C24H27ClN4O3. The van der Waals surface area contributed by atoms with Gasteiger partial charge in [-0.2, -0.15) is 0 Å². The van der Waals surface area contributed by atoms with Crippen LogP contribution in [0, 0.1) is 12.8 Å². The van der Waals surface area contributed by atoms with E-state index in [1.54, 1.807) is 39.0 Å². The second-order valence-corrected chi connectivity index (χ2v) is 8.78. The number of aryl methyl sites for hydroxylation is 1. The van der Waals surface area contributed by atoms with Crippen molar-refractivity contribution in [1.29, 1.82) is 0 Å². The van der Waals surface area contributed by atoms with E-state index in [1.807, 2.05) is 31.2 Å². The highest BCUT2D eigenvalue weighted by atomic mass is 35.5. The first-order valence-electron chi connectivity index (χ1n) is 10.9. The maximum absolute atomic E-state index is 13.1. The summed E-state index contributed by atoms with van der Waals surface area (Å²) in [5.74, 6) is -0.384. The average molecular weight is 455 g/mol. The molecule has 0 radical (unpaired) electrons. The van der Waals surface area contributed by atoms with E-state index in [1.165, 1.54) is 0 Å². The minimum atomic E-state index is -0.351. The van der Waals surface area contributed by atoms with Crippen LogP contribution < -0.4 is 10.2 Å². The second kappa shape index (κ2) is 9.61. The van der Waals surface area contributed by atoms with Crippen molar-refractivity contribution in [1.82, 2.24) is 9.80 Å². The first kappa shape index (κ1) is 22.1. The zero-order chi connectivity index (χ0) is 22.7. The molecule has 8 heteroatoms. The summed E-state index contributed by atoms with van der Waals surface area (Å²) in [7, 11) is 0. The van der Waals surface area contributed by atoms with Crippen molar-refractivity contribution in [2.24, 2.45) is 5.92 Å². The molecule has 2 aliphatic rings. The Balaban J connectivity index is 1.34. The van der Waals surface area contributed by atoms with Crippen LogP contribution in [0.1, 0.15) is 18.4 Å². The van der Waals surface area contributed by atoms with Crippen LogP contribution in [0.3, 0.4) is 0 Å². The van der Waals surface area contributed by atoms with Crippen LogP contribution in [0.4, 0.5) is 16.2 Å². The van der Waals surface area contributed by atoms with Gasteiger partial charge in [-0.05, 0) is 43.7 Å². The van der Waals surface area contributed by atoms with Gasteiger partial charge in [0.1, 0.15) is 0 Å². The molecule has 2 heterocycles. The number of carbonyl (C=O) groups is 3. The second-order valence-electron chi connectivity index (χ2n) is 8.35. The average Bonchev–Trinajstić information content (AvgIpc) is 2.99. The van der Waals surface area contributed by atoms with Crippen molar-refractivity contribution >= 4 is 40.8 Å². The number of halogens is 1. The molecule has 0 spiro atoms. The summed E-state index contributed by atoms with van der Waals surface area (Å²) in [6.45, 7) is 4.44. The van der Waals surface area contributed by atoms with Crippen LogP contribution in [0.5, 0.6) is 0 Å². The Hall–Kier alpha value is -3.06. The van der Waals surface area contributed by atoms with Gasteiger partial charge in [0.2, 0.25) is 11.8 Å². The third-order valence-corrected chi connectivity index (χ3v) is 6.23. The predicted molar refractivity (Wildman–Crippen MR) is 125 cm³/mol. The molecular weight excluding hydrogens is 428 g/mol. The quantitative estimate of drug-likeness (QED) is 0.767. The van der Waals surface area contributed by atoms with Gasteiger partial charge in [-0.15, -0.1) is 0 Å². The van der Waals surface area contributed by atoms with Crippen LogP contribution >= 0.6 is 11.6 Å². The zero-order valence-corrected chi connectivity index (χ0v) is 18.8. The van der Waals surface area contributed by atoms with Gasteiger partial charge in [0.05, 0.1) is 5.92 Å². The molecule has 2 saturated heterocycles. The monoisotopic (exact) mass is 454 g/mol. The topological polar surface area (TPSA) is 73.0 Å². The molecule has 1 atom stereocenters. The SMILES string of the molecule is Cc1ccc(N2CC(C(=O)N3CCCN(C(=O)Nc4cccc(Cl)c4)CC3)CC2=O)cc1. The number of hydrogen-bond acceptors (Lipinski definition) is 3. The highest BCUT2D eigenvalue weighted by Gasteiger charge is 2.37. The number of rotatable bonds is 3. The lowest BCUT2D eigenvalue weighted by Crippen LogP contribution is -2.41. The van der Waals surface area contributed by atoms with Gasteiger partial charge in [-0.3, -0.25) is 9.59 Å². The molecule has 0 aliphatic carbocycles. The molecule has 4 amide bonds. The molecule has 32 heavy (non-hydrogen) atoms. The molecule has 7 nitrogen and oxygen atoms in total. The van der Waals surface area contributed by atoms with E-state index in [-0.39, 0.29) is 30.2 Å².